The maximum atomic E-state index is 11.2. The molecular formula is C20H19N5O4. The molecule has 1 atom stereocenters. The zero-order chi connectivity index (χ0) is 20.1. The number of fused-ring (bicyclic) bond motifs is 1. The van der Waals surface area contributed by atoms with Crippen molar-refractivity contribution in [3.63, 3.8) is 0 Å². The molecule has 4 aromatic rings. The lowest BCUT2D eigenvalue weighted by Gasteiger charge is -2.13. The van der Waals surface area contributed by atoms with Crippen LogP contribution in [0.5, 0.6) is 5.75 Å². The highest BCUT2D eigenvalue weighted by molar-refractivity contribution is 5.91. The first kappa shape index (κ1) is 17.4. The average Bonchev–Trinajstić information content (AvgIpc) is 3.15. The summed E-state index contributed by atoms with van der Waals surface area (Å²) >= 11 is 0. The molecule has 148 valence electrons. The van der Waals surface area contributed by atoms with Crippen LogP contribution in [0.1, 0.15) is 13.3 Å². The molecule has 0 amide bonds. The van der Waals surface area contributed by atoms with Crippen molar-refractivity contribution in [1.82, 2.24) is 14.5 Å². The van der Waals surface area contributed by atoms with E-state index < -0.39 is 12.0 Å². The Bertz CT molecular complexity index is 1260. The molecule has 0 spiro atoms. The molecule has 2 aromatic heterocycles. The fraction of sp³-hybridized carbons (Fsp3) is 0.250. The fourth-order valence-electron chi connectivity index (χ4n) is 3.66. The number of rotatable bonds is 4. The molecule has 0 aliphatic carbocycles. The number of carbonyl (C=O) groups is 1. The monoisotopic (exact) mass is 393 g/mol. The molecular weight excluding hydrogens is 374 g/mol. The third-order valence-electron chi connectivity index (χ3n) is 5.01. The van der Waals surface area contributed by atoms with Crippen molar-refractivity contribution >= 4 is 39.8 Å². The highest BCUT2D eigenvalue weighted by Gasteiger charge is 2.21. The summed E-state index contributed by atoms with van der Waals surface area (Å²) in [5.74, 6) is 0.549. The van der Waals surface area contributed by atoms with E-state index >= 15 is 0 Å². The van der Waals surface area contributed by atoms with Gasteiger partial charge in [-0.1, -0.05) is 0 Å². The number of hydrogen-bond acceptors (Lipinski definition) is 7. The topological polar surface area (TPSA) is 128 Å². The Morgan fingerprint density at radius 1 is 1.28 bits per heavy atom. The minimum atomic E-state index is -0.928. The Hall–Kier alpha value is -3.75. The smallest absolute Gasteiger partial charge is 0.325 e. The minimum absolute atomic E-state index is 0.127. The summed E-state index contributed by atoms with van der Waals surface area (Å²) < 4.78 is 13.4. The first-order valence-corrected chi connectivity index (χ1v) is 9.32. The number of carboxylic acids is 1. The van der Waals surface area contributed by atoms with Crippen molar-refractivity contribution in [2.24, 2.45) is 0 Å². The lowest BCUT2D eigenvalue weighted by Crippen LogP contribution is -2.25. The van der Waals surface area contributed by atoms with Gasteiger partial charge in [0, 0.05) is 23.9 Å². The second-order valence-corrected chi connectivity index (χ2v) is 7.07. The predicted octanol–water partition coefficient (Wildman–Crippen LogP) is 3.09. The number of aryl methyl sites for hydroxylation is 1. The molecule has 0 fully saturated rings. The molecule has 9 heteroatoms. The van der Waals surface area contributed by atoms with Gasteiger partial charge in [0.05, 0.1) is 12.1 Å². The molecule has 4 N–H and O–H groups in total. The molecule has 1 aliphatic heterocycles. The van der Waals surface area contributed by atoms with E-state index in [-0.39, 0.29) is 6.01 Å². The predicted molar refractivity (Wildman–Crippen MR) is 108 cm³/mol. The fourth-order valence-corrected chi connectivity index (χ4v) is 3.66. The maximum absolute atomic E-state index is 11.2. The lowest BCUT2D eigenvalue weighted by molar-refractivity contribution is -0.137. The zero-order valence-electron chi connectivity index (χ0n) is 15.7. The van der Waals surface area contributed by atoms with Crippen LogP contribution in [0.2, 0.25) is 0 Å². The van der Waals surface area contributed by atoms with Crippen LogP contribution in [0.3, 0.4) is 0 Å². The van der Waals surface area contributed by atoms with Crippen LogP contribution in [0.25, 0.3) is 33.5 Å². The normalized spacial score (nSPS) is 14.5. The summed E-state index contributed by atoms with van der Waals surface area (Å²) in [6, 6.07) is 8.73. The SMILES string of the molecule is C[C@@H](Nc1cc2c3c(c1)nc(-c1ccc4oc(N)nc4c1)n3CCCO2)C(=O)O. The first-order valence-electron chi connectivity index (χ1n) is 9.32. The zero-order valence-corrected chi connectivity index (χ0v) is 15.7. The summed E-state index contributed by atoms with van der Waals surface area (Å²) in [7, 11) is 0. The number of ether oxygens (including phenoxy) is 1. The van der Waals surface area contributed by atoms with Gasteiger partial charge in [-0.2, -0.15) is 4.98 Å². The quantitative estimate of drug-likeness (QED) is 0.482. The number of nitrogens with zero attached hydrogens (tertiary/aromatic N) is 3. The molecule has 0 saturated heterocycles. The van der Waals surface area contributed by atoms with Crippen LogP contribution in [-0.4, -0.2) is 38.3 Å². The maximum Gasteiger partial charge on any atom is 0.325 e. The van der Waals surface area contributed by atoms with E-state index in [1.807, 2.05) is 30.3 Å². The van der Waals surface area contributed by atoms with E-state index in [2.05, 4.69) is 14.9 Å². The van der Waals surface area contributed by atoms with Crippen molar-refractivity contribution in [3.8, 4) is 17.1 Å². The Balaban J connectivity index is 1.67. The van der Waals surface area contributed by atoms with Crippen molar-refractivity contribution in [2.45, 2.75) is 25.9 Å². The van der Waals surface area contributed by atoms with Crippen LogP contribution >= 0.6 is 0 Å². The standard InChI is InChI=1S/C20H19N5O4/c1-10(19(26)27)22-12-8-14-17-16(9-12)28-6-2-5-25(17)18(23-14)11-3-4-15-13(7-11)24-20(21)29-15/h3-4,7-10,22H,2,5-6H2,1H3,(H2,21,24)(H,26,27)/t10-/m1/s1. The van der Waals surface area contributed by atoms with E-state index in [0.29, 0.717) is 29.1 Å². The van der Waals surface area contributed by atoms with Crippen molar-refractivity contribution in [1.29, 1.82) is 0 Å². The Kier molecular flexibility index (Phi) is 3.83. The van der Waals surface area contributed by atoms with Gasteiger partial charge in [0.1, 0.15) is 28.6 Å². The van der Waals surface area contributed by atoms with Gasteiger partial charge in [0.15, 0.2) is 5.58 Å². The molecule has 0 bridgehead atoms. The Morgan fingerprint density at radius 2 is 2.14 bits per heavy atom. The van der Waals surface area contributed by atoms with Crippen LogP contribution in [0.15, 0.2) is 34.7 Å². The summed E-state index contributed by atoms with van der Waals surface area (Å²) in [6.45, 7) is 2.93. The van der Waals surface area contributed by atoms with E-state index in [1.54, 1.807) is 6.92 Å². The largest absolute Gasteiger partial charge is 0.491 e. The number of carboxylic acid groups (broad SMARTS) is 1. The van der Waals surface area contributed by atoms with Gasteiger partial charge in [-0.05, 0) is 37.6 Å². The second kappa shape index (κ2) is 6.40. The molecule has 1 aliphatic rings. The van der Waals surface area contributed by atoms with Gasteiger partial charge in [0.25, 0.3) is 6.01 Å². The van der Waals surface area contributed by atoms with Gasteiger partial charge in [-0.15, -0.1) is 0 Å². The molecule has 0 saturated carbocycles. The highest BCUT2D eigenvalue weighted by Crippen LogP contribution is 2.36. The molecule has 0 unspecified atom stereocenters. The van der Waals surface area contributed by atoms with Gasteiger partial charge in [-0.3, -0.25) is 4.79 Å². The van der Waals surface area contributed by atoms with E-state index in [1.165, 1.54) is 0 Å². The number of aromatic nitrogens is 3. The number of aliphatic carboxylic acids is 1. The lowest BCUT2D eigenvalue weighted by atomic mass is 10.2. The molecule has 2 aromatic carbocycles. The average molecular weight is 393 g/mol. The molecule has 9 nitrogen and oxygen atoms in total. The van der Waals surface area contributed by atoms with Crippen LogP contribution in [-0.2, 0) is 11.3 Å². The number of oxazole rings is 1. The first-order chi connectivity index (χ1) is 14.0. The third-order valence-corrected chi connectivity index (χ3v) is 5.01. The van der Waals surface area contributed by atoms with Crippen LogP contribution < -0.4 is 15.8 Å². The number of imidazole rings is 1. The molecule has 5 rings (SSSR count). The Morgan fingerprint density at radius 3 is 2.97 bits per heavy atom. The Labute approximate surface area is 165 Å². The highest BCUT2D eigenvalue weighted by atomic mass is 16.5. The van der Waals surface area contributed by atoms with E-state index in [9.17, 15) is 9.90 Å². The number of nitrogens with two attached hydrogens (primary N) is 1. The number of nitrogens with one attached hydrogen (secondary N) is 1. The third kappa shape index (κ3) is 2.91. The summed E-state index contributed by atoms with van der Waals surface area (Å²) in [6.07, 6.45) is 0.834. The van der Waals surface area contributed by atoms with Gasteiger partial charge < -0.3 is 29.9 Å². The van der Waals surface area contributed by atoms with Crippen molar-refractivity contribution in [3.05, 3.63) is 30.3 Å². The number of benzene rings is 2. The molecule has 3 heterocycles. The van der Waals surface area contributed by atoms with Gasteiger partial charge in [0.2, 0.25) is 0 Å². The number of hydrogen-bond donors (Lipinski definition) is 3. The number of nitrogen functional groups attached to an aromatic ring is 1. The van der Waals surface area contributed by atoms with Crippen LogP contribution in [0.4, 0.5) is 11.7 Å². The van der Waals surface area contributed by atoms with E-state index in [4.69, 9.17) is 19.9 Å². The van der Waals surface area contributed by atoms with Crippen molar-refractivity contribution < 1.29 is 19.1 Å². The van der Waals surface area contributed by atoms with Crippen molar-refractivity contribution in [2.75, 3.05) is 17.7 Å². The minimum Gasteiger partial charge on any atom is -0.491 e. The number of anilines is 2. The summed E-state index contributed by atoms with van der Waals surface area (Å²) in [5, 5.41) is 12.2. The van der Waals surface area contributed by atoms with Crippen LogP contribution in [0, 0.1) is 0 Å². The molecule has 0 radical (unpaired) electrons. The summed E-state index contributed by atoms with van der Waals surface area (Å²) in [5.41, 5.74) is 10.1. The summed E-state index contributed by atoms with van der Waals surface area (Å²) in [4.78, 5) is 20.2. The molecule has 29 heavy (non-hydrogen) atoms. The second-order valence-electron chi connectivity index (χ2n) is 7.07. The van der Waals surface area contributed by atoms with Gasteiger partial charge >= 0.3 is 5.97 Å². The van der Waals surface area contributed by atoms with Gasteiger partial charge in [-0.25, -0.2) is 4.98 Å². The van der Waals surface area contributed by atoms with E-state index in [0.717, 1.165) is 35.4 Å².